The zero-order chi connectivity index (χ0) is 46.5. The molecule has 0 heterocycles. The van der Waals surface area contributed by atoms with Crippen molar-refractivity contribution in [2.75, 3.05) is 13.2 Å². The molecule has 0 aliphatic rings. The van der Waals surface area contributed by atoms with Crippen LogP contribution in [0.5, 0.6) is 0 Å². The van der Waals surface area contributed by atoms with Crippen molar-refractivity contribution in [3.63, 3.8) is 0 Å². The van der Waals surface area contributed by atoms with E-state index in [0.717, 1.165) is 77.0 Å². The summed E-state index contributed by atoms with van der Waals surface area (Å²) >= 11 is 0. The number of carbonyl (C=O) groups is 3. The molecule has 64 heavy (non-hydrogen) atoms. The van der Waals surface area contributed by atoms with Crippen LogP contribution in [-0.2, 0) is 28.6 Å². The number of rotatable bonds is 51. The monoisotopic (exact) mass is 899 g/mol. The molecule has 0 aromatic rings. The van der Waals surface area contributed by atoms with Crippen molar-refractivity contribution in [3.8, 4) is 0 Å². The zero-order valence-electron chi connectivity index (χ0n) is 42.8. The van der Waals surface area contributed by atoms with Crippen molar-refractivity contribution in [3.05, 3.63) is 36.5 Å². The Balaban J connectivity index is 4.36. The summed E-state index contributed by atoms with van der Waals surface area (Å²) in [6, 6.07) is 0. The molecule has 374 valence electrons. The van der Waals surface area contributed by atoms with E-state index in [-0.39, 0.29) is 31.1 Å². The second-order valence-corrected chi connectivity index (χ2v) is 18.8. The molecule has 0 fully saturated rings. The van der Waals surface area contributed by atoms with Gasteiger partial charge < -0.3 is 14.2 Å². The van der Waals surface area contributed by atoms with E-state index in [2.05, 4.69) is 57.2 Å². The van der Waals surface area contributed by atoms with Gasteiger partial charge in [-0.3, -0.25) is 14.4 Å². The van der Waals surface area contributed by atoms with Gasteiger partial charge in [-0.1, -0.05) is 218 Å². The molecule has 0 aromatic heterocycles. The van der Waals surface area contributed by atoms with Crippen LogP contribution in [0.2, 0.25) is 0 Å². The summed E-state index contributed by atoms with van der Waals surface area (Å²) in [6.07, 6.45) is 62.7. The van der Waals surface area contributed by atoms with E-state index in [1.165, 1.54) is 180 Å². The fourth-order valence-corrected chi connectivity index (χ4v) is 8.07. The summed E-state index contributed by atoms with van der Waals surface area (Å²) in [5.74, 6) is -0.893. The van der Waals surface area contributed by atoms with Gasteiger partial charge >= 0.3 is 17.9 Å². The lowest BCUT2D eigenvalue weighted by atomic mass is 10.1. The second-order valence-electron chi connectivity index (χ2n) is 18.8. The first-order valence-electron chi connectivity index (χ1n) is 28.0. The quantitative estimate of drug-likeness (QED) is 0.0262. The summed E-state index contributed by atoms with van der Waals surface area (Å²) in [5, 5.41) is 0. The highest BCUT2D eigenvalue weighted by atomic mass is 16.6. The van der Waals surface area contributed by atoms with Crippen LogP contribution in [0.15, 0.2) is 36.5 Å². The van der Waals surface area contributed by atoms with Crippen LogP contribution in [0.1, 0.15) is 297 Å². The average Bonchev–Trinajstić information content (AvgIpc) is 3.29. The van der Waals surface area contributed by atoms with Crippen LogP contribution in [0, 0.1) is 0 Å². The van der Waals surface area contributed by atoms with E-state index in [4.69, 9.17) is 14.2 Å². The number of ether oxygens (including phenoxy) is 3. The number of esters is 3. The van der Waals surface area contributed by atoms with Gasteiger partial charge in [0.15, 0.2) is 6.10 Å². The standard InChI is InChI=1S/C58H106O6/c1-4-7-10-13-16-19-22-25-27-29-30-32-33-36-39-42-45-48-51-57(60)63-54-55(53-62-56(59)50-47-44-41-38-35-24-21-18-15-12-9-6-3)64-58(61)52-49-46-43-40-37-34-31-28-26-23-20-17-14-11-8-5-2/h18,21,28,30-32,55H,4-17,19-20,22-27,29,33-54H2,1-3H3/b21-18-,31-28-,32-30-. The van der Waals surface area contributed by atoms with E-state index in [9.17, 15) is 14.4 Å². The lowest BCUT2D eigenvalue weighted by molar-refractivity contribution is -0.167. The molecule has 0 saturated heterocycles. The lowest BCUT2D eigenvalue weighted by Gasteiger charge is -2.18. The molecule has 0 amide bonds. The van der Waals surface area contributed by atoms with E-state index in [0.29, 0.717) is 19.3 Å². The molecule has 0 aliphatic carbocycles. The number of allylic oxidation sites excluding steroid dienone is 6. The van der Waals surface area contributed by atoms with Gasteiger partial charge in [0.25, 0.3) is 0 Å². The third kappa shape index (κ3) is 50.6. The van der Waals surface area contributed by atoms with Gasteiger partial charge in [0.05, 0.1) is 0 Å². The average molecular weight is 899 g/mol. The van der Waals surface area contributed by atoms with Gasteiger partial charge in [-0.05, 0) is 96.3 Å². The first-order chi connectivity index (χ1) is 31.5. The minimum Gasteiger partial charge on any atom is -0.462 e. The van der Waals surface area contributed by atoms with Crippen molar-refractivity contribution in [2.24, 2.45) is 0 Å². The number of unbranched alkanes of at least 4 members (excludes halogenated alkanes) is 34. The Morgan fingerprint density at radius 1 is 0.297 bits per heavy atom. The molecule has 0 rings (SSSR count). The molecule has 0 aromatic carbocycles. The van der Waals surface area contributed by atoms with Crippen molar-refractivity contribution >= 4 is 17.9 Å². The van der Waals surface area contributed by atoms with E-state index in [1.54, 1.807) is 0 Å². The molecule has 0 spiro atoms. The maximum Gasteiger partial charge on any atom is 0.306 e. The van der Waals surface area contributed by atoms with Gasteiger partial charge in [-0.25, -0.2) is 0 Å². The topological polar surface area (TPSA) is 78.9 Å². The first-order valence-corrected chi connectivity index (χ1v) is 28.0. The molecular weight excluding hydrogens is 793 g/mol. The zero-order valence-corrected chi connectivity index (χ0v) is 42.8. The Hall–Kier alpha value is -2.37. The van der Waals surface area contributed by atoms with Gasteiger partial charge in [0, 0.05) is 19.3 Å². The minimum absolute atomic E-state index is 0.0806. The summed E-state index contributed by atoms with van der Waals surface area (Å²) in [5.41, 5.74) is 0. The molecule has 0 aliphatic heterocycles. The minimum atomic E-state index is -0.781. The lowest BCUT2D eigenvalue weighted by Crippen LogP contribution is -2.30. The van der Waals surface area contributed by atoms with Gasteiger partial charge in [0.1, 0.15) is 13.2 Å². The smallest absolute Gasteiger partial charge is 0.306 e. The normalized spacial score (nSPS) is 12.2. The highest BCUT2D eigenvalue weighted by Crippen LogP contribution is 2.15. The molecule has 0 radical (unpaired) electrons. The third-order valence-electron chi connectivity index (χ3n) is 12.3. The maximum absolute atomic E-state index is 12.8. The molecule has 0 saturated carbocycles. The van der Waals surface area contributed by atoms with Crippen LogP contribution >= 0.6 is 0 Å². The van der Waals surface area contributed by atoms with Crippen molar-refractivity contribution < 1.29 is 28.6 Å². The fraction of sp³-hybridized carbons (Fsp3) is 0.845. The van der Waals surface area contributed by atoms with E-state index in [1.807, 2.05) is 0 Å². The van der Waals surface area contributed by atoms with Gasteiger partial charge in [0.2, 0.25) is 0 Å². The van der Waals surface area contributed by atoms with Gasteiger partial charge in [-0.15, -0.1) is 0 Å². The third-order valence-corrected chi connectivity index (χ3v) is 12.3. The molecule has 1 atom stereocenters. The Morgan fingerprint density at radius 3 is 0.812 bits per heavy atom. The first kappa shape index (κ1) is 61.6. The SMILES string of the molecule is CCCCC/C=C\CCCCCCCC(=O)OCC(COC(=O)CCCCCCC/C=C\CCCCCCCCCCC)OC(=O)CCCCCCC/C=C\CCCCCCCCC. The molecular formula is C58H106O6. The highest BCUT2D eigenvalue weighted by Gasteiger charge is 2.19. The summed E-state index contributed by atoms with van der Waals surface area (Å²) in [7, 11) is 0. The summed E-state index contributed by atoms with van der Waals surface area (Å²) in [6.45, 7) is 6.62. The fourth-order valence-electron chi connectivity index (χ4n) is 8.07. The Kier molecular flexibility index (Phi) is 51.3. The largest absolute Gasteiger partial charge is 0.462 e. The van der Waals surface area contributed by atoms with E-state index >= 15 is 0 Å². The van der Waals surface area contributed by atoms with E-state index < -0.39 is 6.10 Å². The molecule has 0 bridgehead atoms. The van der Waals surface area contributed by atoms with Crippen molar-refractivity contribution in [2.45, 2.75) is 303 Å². The summed E-state index contributed by atoms with van der Waals surface area (Å²) < 4.78 is 16.8. The Morgan fingerprint density at radius 2 is 0.516 bits per heavy atom. The van der Waals surface area contributed by atoms with Crippen LogP contribution in [-0.4, -0.2) is 37.2 Å². The van der Waals surface area contributed by atoms with Gasteiger partial charge in [-0.2, -0.15) is 0 Å². The summed E-state index contributed by atoms with van der Waals surface area (Å²) in [4.78, 5) is 38.0. The molecule has 1 unspecified atom stereocenters. The van der Waals surface area contributed by atoms with Crippen molar-refractivity contribution in [1.29, 1.82) is 0 Å². The number of hydrogen-bond donors (Lipinski definition) is 0. The second kappa shape index (κ2) is 53.2. The van der Waals surface area contributed by atoms with Crippen molar-refractivity contribution in [1.82, 2.24) is 0 Å². The molecule has 6 heteroatoms. The van der Waals surface area contributed by atoms with Crippen LogP contribution < -0.4 is 0 Å². The van der Waals surface area contributed by atoms with Crippen LogP contribution in [0.4, 0.5) is 0 Å². The Labute approximate surface area is 397 Å². The maximum atomic E-state index is 12.8. The predicted octanol–water partition coefficient (Wildman–Crippen LogP) is 18.5. The van der Waals surface area contributed by atoms with Crippen LogP contribution in [0.3, 0.4) is 0 Å². The Bertz CT molecular complexity index is 1080. The van der Waals surface area contributed by atoms with Crippen LogP contribution in [0.25, 0.3) is 0 Å². The predicted molar refractivity (Wildman–Crippen MR) is 275 cm³/mol. The highest BCUT2D eigenvalue weighted by molar-refractivity contribution is 5.71. The number of hydrogen-bond acceptors (Lipinski definition) is 6. The molecule has 6 nitrogen and oxygen atoms in total. The number of carbonyl (C=O) groups excluding carboxylic acids is 3. The molecule has 0 N–H and O–H groups in total.